The van der Waals surface area contributed by atoms with Crippen LogP contribution in [0, 0.1) is 6.92 Å². The van der Waals surface area contributed by atoms with E-state index in [9.17, 15) is 22.8 Å². The first-order valence-electron chi connectivity index (χ1n) is 10.1. The Morgan fingerprint density at radius 2 is 1.94 bits per heavy atom. The van der Waals surface area contributed by atoms with Crippen molar-refractivity contribution in [1.82, 2.24) is 19.8 Å². The second kappa shape index (κ2) is 9.60. The minimum Gasteiger partial charge on any atom is -0.406 e. The molecule has 2 amide bonds. The van der Waals surface area contributed by atoms with Gasteiger partial charge in [0.15, 0.2) is 5.82 Å². The number of rotatable bonds is 6. The number of hydrogen-bond donors (Lipinski definition) is 1. The van der Waals surface area contributed by atoms with Gasteiger partial charge in [-0.15, -0.1) is 13.2 Å². The molecule has 8 nitrogen and oxygen atoms in total. The predicted octanol–water partition coefficient (Wildman–Crippen LogP) is 2.89. The highest BCUT2D eigenvalue weighted by Crippen LogP contribution is 2.23. The molecule has 0 bridgehead atoms. The molecule has 11 heteroatoms. The number of aromatic nitrogens is 2. The molecule has 0 spiro atoms. The Morgan fingerprint density at radius 3 is 2.50 bits per heavy atom. The van der Waals surface area contributed by atoms with Gasteiger partial charge in [0.1, 0.15) is 12.3 Å². The third-order valence-electron chi connectivity index (χ3n) is 4.93. The van der Waals surface area contributed by atoms with Crippen LogP contribution in [0.25, 0.3) is 0 Å². The number of imidazole rings is 1. The average molecular weight is 454 g/mol. The third kappa shape index (κ3) is 6.22. The molecule has 174 valence electrons. The standard InChI is InChI=1S/C21H25F3N4O4/c1-13(2)28-10-17(31-12-15-4-6-16(7-5-15)32-21(22,23)24)9-27(11-18(28)29)20(30)19-25-8-14(3)26-19/h4-8,13,17H,9-12H2,1-3H3,(H,25,26). The van der Waals surface area contributed by atoms with Crippen LogP contribution in [-0.4, -0.2) is 69.7 Å². The number of halogens is 3. The lowest BCUT2D eigenvalue weighted by molar-refractivity contribution is -0.274. The lowest BCUT2D eigenvalue weighted by Crippen LogP contribution is -2.42. The number of carbonyl (C=O) groups excluding carboxylic acids is 2. The number of alkyl halides is 3. The lowest BCUT2D eigenvalue weighted by atomic mass is 10.2. The highest BCUT2D eigenvalue weighted by Gasteiger charge is 2.33. The Balaban J connectivity index is 1.70. The predicted molar refractivity (Wildman–Crippen MR) is 108 cm³/mol. The Labute approximate surface area is 183 Å². The monoisotopic (exact) mass is 454 g/mol. The minimum absolute atomic E-state index is 0.0895. The zero-order valence-electron chi connectivity index (χ0n) is 18.0. The summed E-state index contributed by atoms with van der Waals surface area (Å²) in [6, 6.07) is 5.26. The maximum Gasteiger partial charge on any atom is 0.573 e. The van der Waals surface area contributed by atoms with Gasteiger partial charge < -0.3 is 24.3 Å². The summed E-state index contributed by atoms with van der Waals surface area (Å²) in [6.45, 7) is 5.98. The van der Waals surface area contributed by atoms with Crippen LogP contribution in [0.1, 0.15) is 35.7 Å². The fourth-order valence-corrected chi connectivity index (χ4v) is 3.37. The van der Waals surface area contributed by atoms with E-state index in [0.29, 0.717) is 5.56 Å². The van der Waals surface area contributed by atoms with Crippen LogP contribution in [0.4, 0.5) is 13.2 Å². The number of benzene rings is 1. The molecule has 32 heavy (non-hydrogen) atoms. The van der Waals surface area contributed by atoms with Crippen molar-refractivity contribution in [2.24, 2.45) is 0 Å². The second-order valence-corrected chi connectivity index (χ2v) is 7.87. The van der Waals surface area contributed by atoms with Crippen LogP contribution in [-0.2, 0) is 16.1 Å². The van der Waals surface area contributed by atoms with Crippen LogP contribution < -0.4 is 4.74 Å². The van der Waals surface area contributed by atoms with Crippen molar-refractivity contribution in [2.75, 3.05) is 19.6 Å². The largest absolute Gasteiger partial charge is 0.573 e. The van der Waals surface area contributed by atoms with E-state index in [1.165, 1.54) is 35.4 Å². The molecule has 3 rings (SSSR count). The molecule has 2 heterocycles. The molecule has 1 aromatic heterocycles. The summed E-state index contributed by atoms with van der Waals surface area (Å²) in [7, 11) is 0. The molecule has 1 aliphatic rings. The minimum atomic E-state index is -4.76. The Kier molecular flexibility index (Phi) is 7.07. The first-order chi connectivity index (χ1) is 15.0. The maximum atomic E-state index is 12.9. The molecule has 0 aliphatic carbocycles. The van der Waals surface area contributed by atoms with E-state index in [-0.39, 0.29) is 49.8 Å². The summed E-state index contributed by atoms with van der Waals surface area (Å²) in [5, 5.41) is 0. The van der Waals surface area contributed by atoms with Gasteiger partial charge in [0.05, 0.1) is 12.7 Å². The highest BCUT2D eigenvalue weighted by atomic mass is 19.4. The number of hydrogen-bond acceptors (Lipinski definition) is 5. The normalized spacial score (nSPS) is 17.6. The molecule has 0 saturated carbocycles. The van der Waals surface area contributed by atoms with E-state index in [1.807, 2.05) is 13.8 Å². The van der Waals surface area contributed by atoms with Gasteiger partial charge in [-0.1, -0.05) is 12.1 Å². The fourth-order valence-electron chi connectivity index (χ4n) is 3.37. The molecule has 1 N–H and O–H groups in total. The summed E-state index contributed by atoms with van der Waals surface area (Å²) < 4.78 is 46.8. The van der Waals surface area contributed by atoms with Crippen LogP contribution in [0.3, 0.4) is 0 Å². The lowest BCUT2D eigenvalue weighted by Gasteiger charge is -2.27. The Bertz CT molecular complexity index is 943. The zero-order valence-corrected chi connectivity index (χ0v) is 18.0. The first kappa shape index (κ1) is 23.6. The van der Waals surface area contributed by atoms with Gasteiger partial charge in [-0.2, -0.15) is 0 Å². The van der Waals surface area contributed by atoms with Crippen LogP contribution in [0.2, 0.25) is 0 Å². The number of carbonyl (C=O) groups is 2. The van der Waals surface area contributed by atoms with E-state index in [4.69, 9.17) is 4.74 Å². The second-order valence-electron chi connectivity index (χ2n) is 7.87. The van der Waals surface area contributed by atoms with Gasteiger partial charge >= 0.3 is 6.36 Å². The van der Waals surface area contributed by atoms with E-state index in [1.54, 1.807) is 11.8 Å². The van der Waals surface area contributed by atoms with E-state index < -0.39 is 18.4 Å². The summed E-state index contributed by atoms with van der Waals surface area (Å²) >= 11 is 0. The molecule has 2 aromatic rings. The van der Waals surface area contributed by atoms with Crippen LogP contribution in [0.5, 0.6) is 5.75 Å². The number of H-pyrrole nitrogens is 1. The van der Waals surface area contributed by atoms with Crippen LogP contribution in [0.15, 0.2) is 30.5 Å². The smallest absolute Gasteiger partial charge is 0.406 e. The third-order valence-corrected chi connectivity index (χ3v) is 4.93. The molecule has 1 aliphatic heterocycles. The SMILES string of the molecule is Cc1cnc(C(=O)N2CC(=O)N(C(C)C)CC(OCc3ccc(OC(F)(F)F)cc3)C2)[nH]1. The number of aromatic amines is 1. The average Bonchev–Trinajstić information content (AvgIpc) is 3.06. The molecule has 1 fully saturated rings. The van der Waals surface area contributed by atoms with Crippen LogP contribution >= 0.6 is 0 Å². The summed E-state index contributed by atoms with van der Waals surface area (Å²) in [6.07, 6.45) is -3.71. The van der Waals surface area contributed by atoms with Gasteiger partial charge in [0, 0.05) is 31.0 Å². The van der Waals surface area contributed by atoms with Crippen molar-refractivity contribution in [3.05, 3.63) is 47.5 Å². The van der Waals surface area contributed by atoms with Crippen molar-refractivity contribution in [2.45, 2.75) is 45.9 Å². The maximum absolute atomic E-state index is 12.9. The van der Waals surface area contributed by atoms with Gasteiger partial charge in [-0.05, 0) is 38.5 Å². The fraction of sp³-hybridized carbons (Fsp3) is 0.476. The molecule has 1 aromatic carbocycles. The van der Waals surface area contributed by atoms with Gasteiger partial charge in [-0.3, -0.25) is 9.59 Å². The highest BCUT2D eigenvalue weighted by molar-refractivity contribution is 5.94. The topological polar surface area (TPSA) is 87.8 Å². The van der Waals surface area contributed by atoms with Gasteiger partial charge in [-0.25, -0.2) is 4.98 Å². The van der Waals surface area contributed by atoms with Crippen molar-refractivity contribution >= 4 is 11.8 Å². The Morgan fingerprint density at radius 1 is 1.25 bits per heavy atom. The van der Waals surface area contributed by atoms with Gasteiger partial charge in [0.25, 0.3) is 5.91 Å². The molecule has 1 saturated heterocycles. The number of ether oxygens (including phenoxy) is 2. The molecule has 0 radical (unpaired) electrons. The summed E-state index contributed by atoms with van der Waals surface area (Å²) in [4.78, 5) is 35.5. The molecular formula is C21H25F3N4O4. The number of nitrogens with zero attached hydrogens (tertiary/aromatic N) is 3. The number of aryl methyl sites for hydroxylation is 1. The van der Waals surface area contributed by atoms with E-state index in [0.717, 1.165) is 5.69 Å². The Hall–Kier alpha value is -3.08. The van der Waals surface area contributed by atoms with E-state index in [2.05, 4.69) is 14.7 Å². The van der Waals surface area contributed by atoms with Crippen molar-refractivity contribution in [3.8, 4) is 5.75 Å². The molecule has 1 unspecified atom stereocenters. The van der Waals surface area contributed by atoms with Crippen molar-refractivity contribution in [3.63, 3.8) is 0 Å². The van der Waals surface area contributed by atoms with E-state index >= 15 is 0 Å². The first-order valence-corrected chi connectivity index (χ1v) is 10.1. The number of nitrogens with one attached hydrogen (secondary N) is 1. The summed E-state index contributed by atoms with van der Waals surface area (Å²) in [5.41, 5.74) is 1.36. The molecule has 1 atom stereocenters. The quantitative estimate of drug-likeness (QED) is 0.725. The molecular weight excluding hydrogens is 429 g/mol. The van der Waals surface area contributed by atoms with Crippen molar-refractivity contribution in [1.29, 1.82) is 0 Å². The van der Waals surface area contributed by atoms with Crippen molar-refractivity contribution < 1.29 is 32.2 Å². The van der Waals surface area contributed by atoms with Gasteiger partial charge in [0.2, 0.25) is 5.91 Å². The zero-order chi connectivity index (χ0) is 23.5. The number of amides is 2. The summed E-state index contributed by atoms with van der Waals surface area (Å²) in [5.74, 6) is -0.777.